The molecule has 1 aromatic rings. The highest BCUT2D eigenvalue weighted by molar-refractivity contribution is 7.89. The number of sulfonamides is 1. The minimum atomic E-state index is -3.15. The van der Waals surface area contributed by atoms with Gasteiger partial charge in [0.1, 0.15) is 0 Å². The Labute approximate surface area is 89.7 Å². The lowest BCUT2D eigenvalue weighted by molar-refractivity contribution is 0.559. The van der Waals surface area contributed by atoms with Crippen molar-refractivity contribution in [1.82, 2.24) is 19.8 Å². The van der Waals surface area contributed by atoms with Crippen molar-refractivity contribution < 1.29 is 8.42 Å². The zero-order valence-electron chi connectivity index (χ0n) is 8.68. The normalized spacial score (nSPS) is 11.8. The Kier molecular flexibility index (Phi) is 4.73. The molecule has 0 aliphatic rings. The molecule has 0 aliphatic carbocycles. The van der Waals surface area contributed by atoms with Gasteiger partial charge in [-0.05, 0) is 13.1 Å². The monoisotopic (exact) mass is 232 g/mol. The van der Waals surface area contributed by atoms with E-state index in [0.29, 0.717) is 19.6 Å². The van der Waals surface area contributed by atoms with Gasteiger partial charge in [-0.3, -0.25) is 4.68 Å². The van der Waals surface area contributed by atoms with E-state index in [0.717, 1.165) is 0 Å². The van der Waals surface area contributed by atoms with Crippen molar-refractivity contribution in [1.29, 1.82) is 0 Å². The molecular weight excluding hydrogens is 216 g/mol. The van der Waals surface area contributed by atoms with Crippen LogP contribution in [0.4, 0.5) is 0 Å². The van der Waals surface area contributed by atoms with Gasteiger partial charge in [0, 0.05) is 25.5 Å². The fraction of sp³-hybridized carbons (Fsp3) is 0.625. The van der Waals surface area contributed by atoms with Crippen molar-refractivity contribution in [3.05, 3.63) is 18.5 Å². The summed E-state index contributed by atoms with van der Waals surface area (Å²) in [5.74, 6) is 0.0998. The third kappa shape index (κ3) is 4.91. The molecule has 0 fully saturated rings. The molecule has 0 aliphatic heterocycles. The van der Waals surface area contributed by atoms with E-state index >= 15 is 0 Å². The smallest absolute Gasteiger partial charge is 0.212 e. The van der Waals surface area contributed by atoms with Crippen LogP contribution in [0.25, 0.3) is 0 Å². The van der Waals surface area contributed by atoms with Gasteiger partial charge in [0.15, 0.2) is 0 Å². The van der Waals surface area contributed by atoms with Crippen molar-refractivity contribution >= 4 is 10.0 Å². The second-order valence-corrected chi connectivity index (χ2v) is 5.01. The topological polar surface area (TPSA) is 76.0 Å². The number of aromatic nitrogens is 2. The Morgan fingerprint density at radius 1 is 1.40 bits per heavy atom. The molecule has 1 heterocycles. The summed E-state index contributed by atoms with van der Waals surface area (Å²) < 4.78 is 26.9. The van der Waals surface area contributed by atoms with Gasteiger partial charge >= 0.3 is 0 Å². The molecule has 86 valence electrons. The van der Waals surface area contributed by atoms with Crippen LogP contribution in [0.1, 0.15) is 0 Å². The Morgan fingerprint density at radius 2 is 2.20 bits per heavy atom. The van der Waals surface area contributed by atoms with Crippen LogP contribution in [-0.4, -0.2) is 44.1 Å². The lowest BCUT2D eigenvalue weighted by atomic mass is 10.6. The van der Waals surface area contributed by atoms with Gasteiger partial charge in [-0.2, -0.15) is 5.10 Å². The summed E-state index contributed by atoms with van der Waals surface area (Å²) in [6.45, 7) is 1.37. The second-order valence-electron chi connectivity index (χ2n) is 3.09. The quantitative estimate of drug-likeness (QED) is 0.633. The van der Waals surface area contributed by atoms with Crippen LogP contribution in [0.15, 0.2) is 18.5 Å². The maximum Gasteiger partial charge on any atom is 0.212 e. The van der Waals surface area contributed by atoms with Crippen LogP contribution in [0.2, 0.25) is 0 Å². The molecule has 0 radical (unpaired) electrons. The van der Waals surface area contributed by atoms with Gasteiger partial charge in [0.05, 0.1) is 12.3 Å². The highest BCUT2D eigenvalue weighted by Gasteiger charge is 2.07. The molecule has 0 atom stereocenters. The van der Waals surface area contributed by atoms with Crippen molar-refractivity contribution in [2.24, 2.45) is 0 Å². The predicted molar refractivity (Wildman–Crippen MR) is 57.9 cm³/mol. The summed E-state index contributed by atoms with van der Waals surface area (Å²) >= 11 is 0. The zero-order valence-corrected chi connectivity index (χ0v) is 9.50. The Morgan fingerprint density at radius 3 is 2.80 bits per heavy atom. The van der Waals surface area contributed by atoms with Crippen LogP contribution in [0, 0.1) is 0 Å². The minimum absolute atomic E-state index is 0.0998. The average Bonchev–Trinajstić information content (AvgIpc) is 2.67. The Bertz CT molecular complexity index is 360. The van der Waals surface area contributed by atoms with E-state index in [2.05, 4.69) is 15.1 Å². The first-order chi connectivity index (χ1) is 7.14. The van der Waals surface area contributed by atoms with Gasteiger partial charge in [0.2, 0.25) is 10.0 Å². The van der Waals surface area contributed by atoms with E-state index in [1.807, 2.05) is 0 Å². The van der Waals surface area contributed by atoms with Crippen LogP contribution in [-0.2, 0) is 16.6 Å². The summed E-state index contributed by atoms with van der Waals surface area (Å²) in [6, 6.07) is 1.80. The number of nitrogens with zero attached hydrogens (tertiary/aromatic N) is 2. The van der Waals surface area contributed by atoms with Crippen molar-refractivity contribution in [3.63, 3.8) is 0 Å². The van der Waals surface area contributed by atoms with Gasteiger partial charge in [0.25, 0.3) is 0 Å². The molecule has 0 amide bonds. The summed E-state index contributed by atoms with van der Waals surface area (Å²) in [5.41, 5.74) is 0. The Balaban J connectivity index is 2.24. The summed E-state index contributed by atoms with van der Waals surface area (Å²) in [4.78, 5) is 0. The molecular formula is C8H16N4O2S. The molecule has 2 N–H and O–H groups in total. The maximum atomic E-state index is 11.3. The van der Waals surface area contributed by atoms with E-state index in [4.69, 9.17) is 0 Å². The van der Waals surface area contributed by atoms with Crippen molar-refractivity contribution in [2.75, 3.05) is 25.9 Å². The molecule has 6 nitrogen and oxygen atoms in total. The van der Waals surface area contributed by atoms with Crippen LogP contribution in [0.3, 0.4) is 0 Å². The van der Waals surface area contributed by atoms with E-state index in [1.54, 1.807) is 30.2 Å². The highest BCUT2D eigenvalue weighted by Crippen LogP contribution is 1.86. The molecule has 0 unspecified atom stereocenters. The third-order valence-electron chi connectivity index (χ3n) is 1.84. The lowest BCUT2D eigenvalue weighted by Crippen LogP contribution is -2.33. The molecule has 0 spiro atoms. The first-order valence-electron chi connectivity index (χ1n) is 4.73. The van der Waals surface area contributed by atoms with E-state index in [9.17, 15) is 8.42 Å². The van der Waals surface area contributed by atoms with Crippen LogP contribution in [0.5, 0.6) is 0 Å². The molecule has 1 aromatic heterocycles. The fourth-order valence-corrected chi connectivity index (χ4v) is 2.08. The molecule has 15 heavy (non-hydrogen) atoms. The summed E-state index contributed by atoms with van der Waals surface area (Å²) in [5, 5.41) is 6.76. The average molecular weight is 232 g/mol. The van der Waals surface area contributed by atoms with E-state index in [-0.39, 0.29) is 5.75 Å². The molecule has 0 saturated heterocycles. The molecule has 0 saturated carbocycles. The standard InChI is InChI=1S/C8H16N4O2S/c1-9-5-8-15(13,14)11-4-7-12-6-2-3-10-12/h2-3,6,9,11H,4-5,7-8H2,1H3. The van der Waals surface area contributed by atoms with Crippen molar-refractivity contribution in [2.45, 2.75) is 6.54 Å². The highest BCUT2D eigenvalue weighted by atomic mass is 32.2. The molecule has 0 aromatic carbocycles. The van der Waals surface area contributed by atoms with Gasteiger partial charge in [-0.15, -0.1) is 0 Å². The number of nitrogens with one attached hydrogen (secondary N) is 2. The maximum absolute atomic E-state index is 11.3. The largest absolute Gasteiger partial charge is 0.319 e. The first kappa shape index (κ1) is 12.2. The SMILES string of the molecule is CNCCS(=O)(=O)NCCn1cccn1. The van der Waals surface area contributed by atoms with Gasteiger partial charge in [-0.25, -0.2) is 13.1 Å². The summed E-state index contributed by atoms with van der Waals surface area (Å²) in [6.07, 6.45) is 3.46. The predicted octanol–water partition coefficient (Wildman–Crippen LogP) is -0.978. The van der Waals surface area contributed by atoms with Gasteiger partial charge < -0.3 is 5.32 Å². The third-order valence-corrected chi connectivity index (χ3v) is 3.23. The van der Waals surface area contributed by atoms with Gasteiger partial charge in [-0.1, -0.05) is 0 Å². The van der Waals surface area contributed by atoms with Crippen LogP contribution >= 0.6 is 0 Å². The number of rotatable bonds is 7. The lowest BCUT2D eigenvalue weighted by Gasteiger charge is -2.06. The van der Waals surface area contributed by atoms with Crippen molar-refractivity contribution in [3.8, 4) is 0 Å². The van der Waals surface area contributed by atoms with Crippen LogP contribution < -0.4 is 10.0 Å². The fourth-order valence-electron chi connectivity index (χ4n) is 1.06. The Hall–Kier alpha value is -0.920. The minimum Gasteiger partial charge on any atom is -0.319 e. The zero-order chi connectivity index (χ0) is 11.1. The van der Waals surface area contributed by atoms with E-state index < -0.39 is 10.0 Å². The summed E-state index contributed by atoms with van der Waals surface area (Å²) in [7, 11) is -1.43. The second kappa shape index (κ2) is 5.84. The number of hydrogen-bond donors (Lipinski definition) is 2. The molecule has 0 bridgehead atoms. The molecule has 7 heteroatoms. The molecule has 1 rings (SSSR count). The number of hydrogen-bond acceptors (Lipinski definition) is 4. The first-order valence-corrected chi connectivity index (χ1v) is 6.38. The van der Waals surface area contributed by atoms with E-state index in [1.165, 1.54) is 0 Å².